The summed E-state index contributed by atoms with van der Waals surface area (Å²) in [6, 6.07) is 2.69. The number of rotatable bonds is 3. The van der Waals surface area contributed by atoms with E-state index in [0.29, 0.717) is 11.5 Å². The van der Waals surface area contributed by atoms with Crippen LogP contribution in [0.15, 0.2) is 12.1 Å². The van der Waals surface area contributed by atoms with E-state index in [0.717, 1.165) is 0 Å². The molecule has 2 N–H and O–H groups in total. The molecule has 0 fully saturated rings. The zero-order valence-electron chi connectivity index (χ0n) is 9.56. The summed E-state index contributed by atoms with van der Waals surface area (Å²) in [6.45, 7) is 1.87. The summed E-state index contributed by atoms with van der Waals surface area (Å²) in [5.74, 6) is -0.464. The third-order valence-electron chi connectivity index (χ3n) is 2.26. The van der Waals surface area contributed by atoms with Gasteiger partial charge in [-0.1, -0.05) is 0 Å². The average molecular weight is 253 g/mol. The van der Waals surface area contributed by atoms with Crippen molar-refractivity contribution in [2.24, 2.45) is 0 Å². The molecular formula is C11H11NO6. The van der Waals surface area contributed by atoms with Gasteiger partial charge in [0.25, 0.3) is 0 Å². The number of nitrogens with one attached hydrogen (secondary N) is 1. The van der Waals surface area contributed by atoms with Gasteiger partial charge in [-0.2, -0.15) is 0 Å². The third-order valence-corrected chi connectivity index (χ3v) is 2.26. The maximum absolute atomic E-state index is 11.3. The fraction of sp³-hybridized carbons (Fsp3) is 0.273. The monoisotopic (exact) mass is 253 g/mol. The van der Waals surface area contributed by atoms with Crippen molar-refractivity contribution in [3.05, 3.63) is 17.7 Å². The molecule has 0 radical (unpaired) electrons. The summed E-state index contributed by atoms with van der Waals surface area (Å²) in [4.78, 5) is 22.4. The maximum Gasteiger partial charge on any atom is 0.411 e. The normalized spacial score (nSPS) is 12.1. The molecule has 0 bridgehead atoms. The van der Waals surface area contributed by atoms with Crippen LogP contribution in [0, 0.1) is 0 Å². The number of carboxylic acids is 1. The first-order valence-electron chi connectivity index (χ1n) is 5.22. The van der Waals surface area contributed by atoms with Crippen LogP contribution in [0.1, 0.15) is 17.3 Å². The van der Waals surface area contributed by atoms with Gasteiger partial charge in [0, 0.05) is 12.1 Å². The van der Waals surface area contributed by atoms with Crippen molar-refractivity contribution in [1.29, 1.82) is 0 Å². The summed E-state index contributed by atoms with van der Waals surface area (Å²) in [5.41, 5.74) is 0.0116. The minimum Gasteiger partial charge on any atom is -0.478 e. The summed E-state index contributed by atoms with van der Waals surface area (Å²) in [6.07, 6.45) is -0.723. The van der Waals surface area contributed by atoms with Crippen LogP contribution in [0.2, 0.25) is 0 Å². The number of amides is 1. The first-order valence-corrected chi connectivity index (χ1v) is 5.22. The van der Waals surface area contributed by atoms with Crippen LogP contribution in [0.3, 0.4) is 0 Å². The highest BCUT2D eigenvalue weighted by molar-refractivity contribution is 5.99. The molecule has 0 aliphatic carbocycles. The molecule has 0 unspecified atom stereocenters. The summed E-state index contributed by atoms with van der Waals surface area (Å²) in [5, 5.41) is 11.4. The van der Waals surface area contributed by atoms with Crippen molar-refractivity contribution in [1.82, 2.24) is 0 Å². The van der Waals surface area contributed by atoms with Gasteiger partial charge >= 0.3 is 12.1 Å². The molecule has 0 aromatic heterocycles. The quantitative estimate of drug-likeness (QED) is 0.851. The second-order valence-corrected chi connectivity index (χ2v) is 3.40. The first-order chi connectivity index (χ1) is 8.61. The van der Waals surface area contributed by atoms with E-state index in [1.807, 2.05) is 0 Å². The number of carbonyl (C=O) groups excluding carboxylic acids is 1. The predicted octanol–water partition coefficient (Wildman–Crippen LogP) is 1.68. The number of hydrogen-bond acceptors (Lipinski definition) is 5. The Morgan fingerprint density at radius 3 is 2.67 bits per heavy atom. The SMILES string of the molecule is CCOC(=O)Nc1cc2c(cc1C(=O)O)OCO2. The van der Waals surface area contributed by atoms with E-state index in [1.54, 1.807) is 6.92 Å². The maximum atomic E-state index is 11.3. The molecule has 0 saturated carbocycles. The minimum absolute atomic E-state index is 0.0251. The van der Waals surface area contributed by atoms with E-state index in [4.69, 9.17) is 14.6 Å². The Bertz CT molecular complexity index is 499. The molecule has 0 atom stereocenters. The molecule has 96 valence electrons. The summed E-state index contributed by atoms with van der Waals surface area (Å²) in [7, 11) is 0. The number of benzene rings is 1. The van der Waals surface area contributed by atoms with Gasteiger partial charge in [0.1, 0.15) is 0 Å². The average Bonchev–Trinajstić information content (AvgIpc) is 2.74. The van der Waals surface area contributed by atoms with Crippen molar-refractivity contribution in [2.45, 2.75) is 6.92 Å². The molecule has 1 amide bonds. The lowest BCUT2D eigenvalue weighted by atomic mass is 10.1. The van der Waals surface area contributed by atoms with E-state index in [9.17, 15) is 9.59 Å². The summed E-state index contributed by atoms with van der Waals surface area (Å²) < 4.78 is 14.9. The fourth-order valence-corrected chi connectivity index (χ4v) is 1.50. The molecule has 7 heteroatoms. The molecule has 1 aromatic rings. The smallest absolute Gasteiger partial charge is 0.411 e. The van der Waals surface area contributed by atoms with Gasteiger partial charge in [-0.3, -0.25) is 5.32 Å². The molecule has 7 nitrogen and oxygen atoms in total. The number of ether oxygens (including phenoxy) is 3. The molecule has 1 heterocycles. The number of hydrogen-bond donors (Lipinski definition) is 2. The van der Waals surface area contributed by atoms with Gasteiger partial charge in [-0.15, -0.1) is 0 Å². The number of fused-ring (bicyclic) bond motifs is 1. The Morgan fingerprint density at radius 2 is 2.06 bits per heavy atom. The van der Waals surface area contributed by atoms with E-state index in [2.05, 4.69) is 10.1 Å². The van der Waals surface area contributed by atoms with Gasteiger partial charge in [-0.05, 0) is 6.92 Å². The van der Waals surface area contributed by atoms with Crippen molar-refractivity contribution < 1.29 is 28.9 Å². The Balaban J connectivity index is 2.32. The second-order valence-electron chi connectivity index (χ2n) is 3.40. The van der Waals surface area contributed by atoms with Gasteiger partial charge in [-0.25, -0.2) is 9.59 Å². The highest BCUT2D eigenvalue weighted by Gasteiger charge is 2.21. The van der Waals surface area contributed by atoms with Crippen LogP contribution in [-0.2, 0) is 4.74 Å². The van der Waals surface area contributed by atoms with Crippen LogP contribution >= 0.6 is 0 Å². The first kappa shape index (κ1) is 12.0. The van der Waals surface area contributed by atoms with Gasteiger partial charge < -0.3 is 19.3 Å². The van der Waals surface area contributed by atoms with Crippen molar-refractivity contribution in [2.75, 3.05) is 18.7 Å². The minimum atomic E-state index is -1.18. The van der Waals surface area contributed by atoms with Crippen LogP contribution in [0.4, 0.5) is 10.5 Å². The van der Waals surface area contributed by atoms with Gasteiger partial charge in [0.05, 0.1) is 17.9 Å². The zero-order valence-corrected chi connectivity index (χ0v) is 9.56. The van der Waals surface area contributed by atoms with E-state index >= 15 is 0 Å². The zero-order chi connectivity index (χ0) is 13.1. The molecule has 18 heavy (non-hydrogen) atoms. The molecule has 1 aromatic carbocycles. The lowest BCUT2D eigenvalue weighted by Gasteiger charge is -2.09. The van der Waals surface area contributed by atoms with Gasteiger partial charge in [0.2, 0.25) is 6.79 Å². The molecule has 1 aliphatic heterocycles. The predicted molar refractivity (Wildman–Crippen MR) is 60.2 cm³/mol. The Morgan fingerprint density at radius 1 is 1.39 bits per heavy atom. The molecular weight excluding hydrogens is 242 g/mol. The van der Waals surface area contributed by atoms with E-state index < -0.39 is 12.1 Å². The lowest BCUT2D eigenvalue weighted by Crippen LogP contribution is -2.15. The number of aromatic carboxylic acids is 1. The third kappa shape index (κ3) is 2.29. The van der Waals surface area contributed by atoms with E-state index in [1.165, 1.54) is 12.1 Å². The number of carbonyl (C=O) groups is 2. The highest BCUT2D eigenvalue weighted by atomic mass is 16.7. The molecule has 0 spiro atoms. The molecule has 0 saturated heterocycles. The number of anilines is 1. The number of carboxylic acid groups (broad SMARTS) is 1. The highest BCUT2D eigenvalue weighted by Crippen LogP contribution is 2.37. The largest absolute Gasteiger partial charge is 0.478 e. The Kier molecular flexibility index (Phi) is 3.22. The fourth-order valence-electron chi connectivity index (χ4n) is 1.50. The second kappa shape index (κ2) is 4.82. The van der Waals surface area contributed by atoms with Crippen molar-refractivity contribution in [3.63, 3.8) is 0 Å². The van der Waals surface area contributed by atoms with Crippen LogP contribution in [0.5, 0.6) is 11.5 Å². The van der Waals surface area contributed by atoms with Crippen molar-refractivity contribution >= 4 is 17.7 Å². The van der Waals surface area contributed by atoms with Crippen LogP contribution in [-0.4, -0.2) is 30.6 Å². The topological polar surface area (TPSA) is 94.1 Å². The van der Waals surface area contributed by atoms with Gasteiger partial charge in [0.15, 0.2) is 11.5 Å². The van der Waals surface area contributed by atoms with Crippen molar-refractivity contribution in [3.8, 4) is 11.5 Å². The lowest BCUT2D eigenvalue weighted by molar-refractivity contribution is 0.0697. The van der Waals surface area contributed by atoms with E-state index in [-0.39, 0.29) is 24.7 Å². The standard InChI is InChI=1S/C11H11NO6/c1-2-16-11(15)12-7-4-9-8(17-5-18-9)3-6(7)10(13)14/h3-4H,2,5H2,1H3,(H,12,15)(H,13,14). The van der Waals surface area contributed by atoms with Crippen LogP contribution < -0.4 is 14.8 Å². The molecule has 2 rings (SSSR count). The summed E-state index contributed by atoms with van der Waals surface area (Å²) >= 11 is 0. The van der Waals surface area contributed by atoms with Crippen LogP contribution in [0.25, 0.3) is 0 Å². The Hall–Kier alpha value is -2.44. The molecule has 1 aliphatic rings. The Labute approximate surface area is 102 Å².